The van der Waals surface area contributed by atoms with E-state index in [0.29, 0.717) is 22.9 Å². The van der Waals surface area contributed by atoms with Crippen LogP contribution < -0.4 is 15.4 Å². The van der Waals surface area contributed by atoms with Crippen LogP contribution in [-0.4, -0.2) is 50.0 Å². The van der Waals surface area contributed by atoms with Crippen molar-refractivity contribution in [1.82, 2.24) is 15.5 Å². The molecule has 0 aliphatic rings. The van der Waals surface area contributed by atoms with Crippen molar-refractivity contribution in [3.63, 3.8) is 0 Å². The Hall–Kier alpha value is -2.57. The molecule has 1 unspecified atom stereocenters. The molecule has 2 aromatic carbocycles. The summed E-state index contributed by atoms with van der Waals surface area (Å²) in [4.78, 5) is 26.8. The van der Waals surface area contributed by atoms with Gasteiger partial charge in [-0.2, -0.15) is 0 Å². The van der Waals surface area contributed by atoms with Gasteiger partial charge in [0.25, 0.3) is 5.91 Å². The number of benzene rings is 2. The van der Waals surface area contributed by atoms with Gasteiger partial charge in [-0.05, 0) is 42.9 Å². The molecule has 2 rings (SSSR count). The van der Waals surface area contributed by atoms with Gasteiger partial charge in [0.1, 0.15) is 5.75 Å². The van der Waals surface area contributed by atoms with Gasteiger partial charge in [-0.15, -0.1) is 0 Å². The van der Waals surface area contributed by atoms with E-state index in [9.17, 15) is 9.59 Å². The molecule has 0 saturated heterocycles. The molecule has 0 saturated carbocycles. The first-order chi connectivity index (χ1) is 14.0. The monoisotopic (exact) mass is 417 g/mol. The van der Waals surface area contributed by atoms with Crippen LogP contribution in [0.2, 0.25) is 5.02 Å². The zero-order chi connectivity index (χ0) is 21.2. The molecule has 6 nitrogen and oxygen atoms in total. The third-order valence-corrected chi connectivity index (χ3v) is 5.10. The Kier molecular flexibility index (Phi) is 8.96. The van der Waals surface area contributed by atoms with Crippen LogP contribution in [0, 0.1) is 0 Å². The van der Waals surface area contributed by atoms with Crippen molar-refractivity contribution in [2.24, 2.45) is 0 Å². The second-order valence-corrected chi connectivity index (χ2v) is 6.88. The van der Waals surface area contributed by atoms with Gasteiger partial charge in [0.15, 0.2) is 0 Å². The van der Waals surface area contributed by atoms with Crippen LogP contribution in [0.5, 0.6) is 5.75 Å². The Morgan fingerprint density at radius 3 is 2.45 bits per heavy atom. The maximum Gasteiger partial charge on any atom is 0.251 e. The molecule has 156 valence electrons. The predicted molar refractivity (Wildman–Crippen MR) is 115 cm³/mol. The van der Waals surface area contributed by atoms with E-state index >= 15 is 0 Å². The Labute approximate surface area is 177 Å². The van der Waals surface area contributed by atoms with Crippen molar-refractivity contribution in [2.75, 3.05) is 33.3 Å². The molecule has 2 amide bonds. The first kappa shape index (κ1) is 22.7. The van der Waals surface area contributed by atoms with Gasteiger partial charge in [-0.1, -0.05) is 49.7 Å². The van der Waals surface area contributed by atoms with E-state index in [1.807, 2.05) is 24.3 Å². The van der Waals surface area contributed by atoms with Crippen LogP contribution >= 0.6 is 11.6 Å². The van der Waals surface area contributed by atoms with E-state index in [2.05, 4.69) is 29.4 Å². The molecule has 1 atom stereocenters. The summed E-state index contributed by atoms with van der Waals surface area (Å²) >= 11 is 6.38. The van der Waals surface area contributed by atoms with Gasteiger partial charge < -0.3 is 15.4 Å². The van der Waals surface area contributed by atoms with Crippen LogP contribution in [-0.2, 0) is 4.79 Å². The lowest BCUT2D eigenvalue weighted by Crippen LogP contribution is -2.42. The summed E-state index contributed by atoms with van der Waals surface area (Å²) in [6.07, 6.45) is 0. The summed E-state index contributed by atoms with van der Waals surface area (Å²) in [6, 6.07) is 14.4. The number of halogens is 1. The highest BCUT2D eigenvalue weighted by molar-refractivity contribution is 6.31. The standard InChI is InChI=1S/C22H28ClN3O3/c1-4-26(5-2)20(18-11-6-7-12-19(18)23)14-24-21(27)15-25-22(28)16-9-8-10-17(13-16)29-3/h6-13,20H,4-5,14-15H2,1-3H3,(H,24,27)(H,25,28). The predicted octanol–water partition coefficient (Wildman–Crippen LogP) is 3.28. The second-order valence-electron chi connectivity index (χ2n) is 6.48. The third-order valence-electron chi connectivity index (χ3n) is 4.75. The highest BCUT2D eigenvalue weighted by Crippen LogP contribution is 2.26. The number of likely N-dealkylation sites (N-methyl/N-ethyl adjacent to an activating group) is 1. The van der Waals surface area contributed by atoms with Crippen LogP contribution in [0.3, 0.4) is 0 Å². The number of carbonyl (C=O) groups excluding carboxylic acids is 2. The van der Waals surface area contributed by atoms with Crippen LogP contribution in [0.4, 0.5) is 0 Å². The van der Waals surface area contributed by atoms with E-state index in [0.717, 1.165) is 18.7 Å². The fourth-order valence-corrected chi connectivity index (χ4v) is 3.41. The molecule has 0 aromatic heterocycles. The molecule has 7 heteroatoms. The molecule has 0 radical (unpaired) electrons. The molecular formula is C22H28ClN3O3. The van der Waals surface area contributed by atoms with Crippen molar-refractivity contribution < 1.29 is 14.3 Å². The van der Waals surface area contributed by atoms with Crippen molar-refractivity contribution in [2.45, 2.75) is 19.9 Å². The minimum atomic E-state index is -0.328. The van der Waals surface area contributed by atoms with Crippen LogP contribution in [0.15, 0.2) is 48.5 Å². The van der Waals surface area contributed by atoms with Gasteiger partial charge in [-0.3, -0.25) is 14.5 Å². The zero-order valence-electron chi connectivity index (χ0n) is 17.1. The number of nitrogens with zero attached hydrogens (tertiary/aromatic N) is 1. The highest BCUT2D eigenvalue weighted by atomic mass is 35.5. The van der Waals surface area contributed by atoms with Gasteiger partial charge >= 0.3 is 0 Å². The largest absolute Gasteiger partial charge is 0.497 e. The topological polar surface area (TPSA) is 70.7 Å². The molecule has 0 spiro atoms. The lowest BCUT2D eigenvalue weighted by atomic mass is 10.0. The normalized spacial score (nSPS) is 11.8. The fraction of sp³-hybridized carbons (Fsp3) is 0.364. The number of ether oxygens (including phenoxy) is 1. The summed E-state index contributed by atoms with van der Waals surface area (Å²) in [5, 5.41) is 6.22. The Balaban J connectivity index is 1.95. The van der Waals surface area contributed by atoms with E-state index in [-0.39, 0.29) is 24.4 Å². The lowest BCUT2D eigenvalue weighted by molar-refractivity contribution is -0.120. The maximum absolute atomic E-state index is 12.3. The number of nitrogens with one attached hydrogen (secondary N) is 2. The van der Waals surface area contributed by atoms with Crippen molar-refractivity contribution in [1.29, 1.82) is 0 Å². The Morgan fingerprint density at radius 1 is 1.07 bits per heavy atom. The number of hydrogen-bond donors (Lipinski definition) is 2. The summed E-state index contributed by atoms with van der Waals surface area (Å²) in [5.74, 6) is -0.000177. The minimum absolute atomic E-state index is 0.0447. The average molecular weight is 418 g/mol. The van der Waals surface area contributed by atoms with E-state index < -0.39 is 0 Å². The summed E-state index contributed by atoms with van der Waals surface area (Å²) in [7, 11) is 1.54. The first-order valence-electron chi connectivity index (χ1n) is 9.67. The second kappa shape index (κ2) is 11.4. The minimum Gasteiger partial charge on any atom is -0.497 e. The summed E-state index contributed by atoms with van der Waals surface area (Å²) in [6.45, 7) is 6.10. The molecule has 29 heavy (non-hydrogen) atoms. The maximum atomic E-state index is 12.3. The Bertz CT molecular complexity index is 824. The van der Waals surface area contributed by atoms with E-state index in [1.54, 1.807) is 24.3 Å². The van der Waals surface area contributed by atoms with Crippen molar-refractivity contribution in [3.05, 3.63) is 64.7 Å². The number of carbonyl (C=O) groups is 2. The number of methoxy groups -OCH3 is 1. The summed E-state index contributed by atoms with van der Waals surface area (Å²) in [5.41, 5.74) is 1.41. The molecule has 0 fully saturated rings. The highest BCUT2D eigenvalue weighted by Gasteiger charge is 2.21. The molecule has 0 bridgehead atoms. The van der Waals surface area contributed by atoms with Gasteiger partial charge in [0, 0.05) is 17.1 Å². The molecular weight excluding hydrogens is 390 g/mol. The lowest BCUT2D eigenvalue weighted by Gasteiger charge is -2.31. The molecule has 2 aromatic rings. The number of rotatable bonds is 10. The number of hydrogen-bond acceptors (Lipinski definition) is 4. The zero-order valence-corrected chi connectivity index (χ0v) is 17.8. The van der Waals surface area contributed by atoms with Crippen molar-refractivity contribution in [3.8, 4) is 5.75 Å². The average Bonchev–Trinajstić information content (AvgIpc) is 2.75. The number of amides is 2. The fourth-order valence-electron chi connectivity index (χ4n) is 3.15. The van der Waals surface area contributed by atoms with E-state index in [4.69, 9.17) is 16.3 Å². The molecule has 0 aliphatic heterocycles. The van der Waals surface area contributed by atoms with Gasteiger partial charge in [0.05, 0.1) is 19.7 Å². The molecule has 0 heterocycles. The van der Waals surface area contributed by atoms with Gasteiger partial charge in [-0.25, -0.2) is 0 Å². The quantitative estimate of drug-likeness (QED) is 0.622. The first-order valence-corrected chi connectivity index (χ1v) is 10.0. The SMILES string of the molecule is CCN(CC)C(CNC(=O)CNC(=O)c1cccc(OC)c1)c1ccccc1Cl. The Morgan fingerprint density at radius 2 is 1.79 bits per heavy atom. The van der Waals surface area contributed by atoms with Crippen LogP contribution in [0.25, 0.3) is 0 Å². The van der Waals surface area contributed by atoms with E-state index in [1.165, 1.54) is 7.11 Å². The van der Waals surface area contributed by atoms with Crippen molar-refractivity contribution >= 4 is 23.4 Å². The van der Waals surface area contributed by atoms with Crippen LogP contribution in [0.1, 0.15) is 35.8 Å². The van der Waals surface area contributed by atoms with Gasteiger partial charge in [0.2, 0.25) is 5.91 Å². The molecule has 0 aliphatic carbocycles. The summed E-state index contributed by atoms with van der Waals surface area (Å²) < 4.78 is 5.12. The molecule has 2 N–H and O–H groups in total. The smallest absolute Gasteiger partial charge is 0.251 e. The third kappa shape index (κ3) is 6.48.